The second-order valence-electron chi connectivity index (χ2n) is 5.31. The molecule has 7 heteroatoms. The Morgan fingerprint density at radius 2 is 1.80 bits per heavy atom. The highest BCUT2D eigenvalue weighted by Crippen LogP contribution is 2.13. The summed E-state index contributed by atoms with van der Waals surface area (Å²) >= 11 is 5.21. The van der Waals surface area contributed by atoms with Crippen molar-refractivity contribution < 1.29 is 14.6 Å². The number of benzene rings is 2. The second-order valence-corrected chi connectivity index (χ2v) is 5.72. The molecule has 0 heterocycles. The van der Waals surface area contributed by atoms with Gasteiger partial charge in [0.25, 0.3) is 0 Å². The molecule has 0 radical (unpaired) electrons. The number of carbonyl (C=O) groups is 1. The van der Waals surface area contributed by atoms with Crippen molar-refractivity contribution in [2.75, 3.05) is 11.9 Å². The zero-order valence-corrected chi connectivity index (χ0v) is 14.7. The zero-order chi connectivity index (χ0) is 18.2. The number of hydrazone groups is 1. The van der Waals surface area contributed by atoms with Gasteiger partial charge in [-0.2, -0.15) is 5.10 Å². The fraction of sp³-hybridized carbons (Fsp3) is 0.167. The van der Waals surface area contributed by atoms with Crippen molar-refractivity contribution in [2.45, 2.75) is 13.8 Å². The first-order valence-electron chi connectivity index (χ1n) is 7.55. The van der Waals surface area contributed by atoms with Crippen LogP contribution < -0.4 is 20.6 Å². The van der Waals surface area contributed by atoms with Crippen molar-refractivity contribution in [1.82, 2.24) is 5.43 Å². The summed E-state index contributed by atoms with van der Waals surface area (Å²) in [5, 5.41) is 18.0. The minimum absolute atomic E-state index is 0.386. The highest BCUT2D eigenvalue weighted by atomic mass is 32.1. The first-order chi connectivity index (χ1) is 11.9. The summed E-state index contributed by atoms with van der Waals surface area (Å²) in [5.41, 5.74) is 6.42. The van der Waals surface area contributed by atoms with E-state index in [0.29, 0.717) is 10.9 Å². The van der Waals surface area contributed by atoms with E-state index < -0.39 is 12.6 Å². The van der Waals surface area contributed by atoms with Crippen LogP contribution in [0.2, 0.25) is 0 Å². The van der Waals surface area contributed by atoms with Crippen LogP contribution >= 0.6 is 12.2 Å². The molecule has 2 rings (SSSR count). The maximum absolute atomic E-state index is 10.4. The lowest BCUT2D eigenvalue weighted by molar-refractivity contribution is -0.307. The number of hydrogen-bond acceptors (Lipinski definition) is 5. The number of thiocarbonyl (C=S) groups is 1. The SMILES string of the molecule is C/C(=N/NC(=S)Nc1ccc(C)cc1)c1ccc(OCC(=O)[O-])cc1. The number of ether oxygens (including phenoxy) is 1. The molecule has 0 amide bonds. The van der Waals surface area contributed by atoms with Crippen LogP contribution in [-0.2, 0) is 4.79 Å². The van der Waals surface area contributed by atoms with Crippen LogP contribution in [0.4, 0.5) is 5.69 Å². The van der Waals surface area contributed by atoms with Crippen LogP contribution in [0.5, 0.6) is 5.75 Å². The molecule has 0 aliphatic heterocycles. The zero-order valence-electron chi connectivity index (χ0n) is 13.9. The van der Waals surface area contributed by atoms with Gasteiger partial charge >= 0.3 is 0 Å². The Hall–Kier alpha value is -2.93. The molecule has 0 atom stereocenters. The molecule has 2 aromatic carbocycles. The van der Waals surface area contributed by atoms with Crippen LogP contribution in [0, 0.1) is 6.92 Å². The summed E-state index contributed by atoms with van der Waals surface area (Å²) in [7, 11) is 0. The van der Waals surface area contributed by atoms with Gasteiger partial charge in [-0.3, -0.25) is 5.43 Å². The van der Waals surface area contributed by atoms with Crippen LogP contribution in [0.15, 0.2) is 53.6 Å². The van der Waals surface area contributed by atoms with Gasteiger partial charge in [0, 0.05) is 5.69 Å². The average Bonchev–Trinajstić information content (AvgIpc) is 2.60. The number of carboxylic acids is 1. The number of aliphatic carboxylic acids is 1. The van der Waals surface area contributed by atoms with Crippen LogP contribution in [-0.4, -0.2) is 23.4 Å². The Labute approximate surface area is 151 Å². The molecule has 0 fully saturated rings. The first kappa shape index (κ1) is 18.4. The Morgan fingerprint density at radius 3 is 2.40 bits per heavy atom. The summed E-state index contributed by atoms with van der Waals surface area (Å²) < 4.78 is 5.03. The Bertz CT molecular complexity index is 771. The van der Waals surface area contributed by atoms with Crippen molar-refractivity contribution in [1.29, 1.82) is 0 Å². The molecule has 0 saturated carbocycles. The highest BCUT2D eigenvalue weighted by Gasteiger charge is 2.01. The standard InChI is InChI=1S/C18H19N3O3S/c1-12-3-7-15(8-4-12)19-18(25)21-20-13(2)14-5-9-16(10-6-14)24-11-17(22)23/h3-10H,11H2,1-2H3,(H,22,23)(H2,19,21,25)/p-1/b20-13-. The van der Waals surface area contributed by atoms with Gasteiger partial charge in [-0.05, 0) is 68.0 Å². The van der Waals surface area contributed by atoms with Crippen molar-refractivity contribution in [2.24, 2.45) is 5.10 Å². The molecule has 0 bridgehead atoms. The molecule has 130 valence electrons. The number of nitrogens with zero attached hydrogens (tertiary/aromatic N) is 1. The predicted molar refractivity (Wildman–Crippen MR) is 99.7 cm³/mol. The fourth-order valence-corrected chi connectivity index (χ4v) is 2.09. The van der Waals surface area contributed by atoms with E-state index in [1.54, 1.807) is 24.3 Å². The lowest BCUT2D eigenvalue weighted by Crippen LogP contribution is -2.28. The van der Waals surface area contributed by atoms with Gasteiger partial charge in [-0.1, -0.05) is 17.7 Å². The average molecular weight is 356 g/mol. The summed E-state index contributed by atoms with van der Waals surface area (Å²) in [4.78, 5) is 10.4. The topological polar surface area (TPSA) is 85.8 Å². The van der Waals surface area contributed by atoms with Gasteiger partial charge in [-0.25, -0.2) is 0 Å². The Balaban J connectivity index is 1.90. The van der Waals surface area contributed by atoms with Crippen molar-refractivity contribution in [3.8, 4) is 5.75 Å². The normalized spacial score (nSPS) is 10.9. The van der Waals surface area contributed by atoms with Crippen molar-refractivity contribution >= 4 is 34.7 Å². The second kappa shape index (κ2) is 8.79. The van der Waals surface area contributed by atoms with Crippen LogP contribution in [0.3, 0.4) is 0 Å². The van der Waals surface area contributed by atoms with Crippen LogP contribution in [0.25, 0.3) is 0 Å². The molecule has 0 spiro atoms. The summed E-state index contributed by atoms with van der Waals surface area (Å²) in [5.74, 6) is -0.814. The smallest absolute Gasteiger partial charge is 0.191 e. The van der Waals surface area contributed by atoms with Crippen molar-refractivity contribution in [3.05, 3.63) is 59.7 Å². The Morgan fingerprint density at radius 1 is 1.16 bits per heavy atom. The van der Waals surface area contributed by atoms with Gasteiger partial charge in [0.05, 0.1) is 11.7 Å². The molecular formula is C18H18N3O3S-. The molecule has 2 N–H and O–H groups in total. The van der Waals surface area contributed by atoms with Crippen LogP contribution in [0.1, 0.15) is 18.1 Å². The molecule has 2 aromatic rings. The van der Waals surface area contributed by atoms with E-state index in [4.69, 9.17) is 17.0 Å². The van der Waals surface area contributed by atoms with Gasteiger partial charge in [0.15, 0.2) is 5.11 Å². The summed E-state index contributed by atoms with van der Waals surface area (Å²) in [6.07, 6.45) is 0. The maximum atomic E-state index is 10.4. The molecule has 0 aliphatic carbocycles. The number of aryl methyl sites for hydroxylation is 1. The van der Waals surface area contributed by atoms with Gasteiger partial charge in [-0.15, -0.1) is 0 Å². The third-order valence-electron chi connectivity index (χ3n) is 3.26. The largest absolute Gasteiger partial charge is 0.546 e. The predicted octanol–water partition coefficient (Wildman–Crippen LogP) is 1.83. The van der Waals surface area contributed by atoms with E-state index in [1.807, 2.05) is 38.1 Å². The Kier molecular flexibility index (Phi) is 6.47. The molecular weight excluding hydrogens is 338 g/mol. The number of carboxylic acid groups (broad SMARTS) is 1. The fourth-order valence-electron chi connectivity index (χ4n) is 1.93. The third kappa shape index (κ3) is 6.23. The quantitative estimate of drug-likeness (QED) is 0.467. The third-order valence-corrected chi connectivity index (χ3v) is 3.46. The van der Waals surface area contributed by atoms with Crippen molar-refractivity contribution in [3.63, 3.8) is 0 Å². The number of anilines is 1. The first-order valence-corrected chi connectivity index (χ1v) is 7.96. The van der Waals surface area contributed by atoms with E-state index in [1.165, 1.54) is 5.56 Å². The van der Waals surface area contributed by atoms with Gasteiger partial charge in [0.1, 0.15) is 12.4 Å². The molecule has 0 aromatic heterocycles. The molecule has 0 aliphatic rings. The lowest BCUT2D eigenvalue weighted by Gasteiger charge is -2.09. The van der Waals surface area contributed by atoms with E-state index >= 15 is 0 Å². The highest BCUT2D eigenvalue weighted by molar-refractivity contribution is 7.80. The minimum atomic E-state index is -1.26. The number of rotatable bonds is 6. The van der Waals surface area contributed by atoms with E-state index in [0.717, 1.165) is 17.0 Å². The van der Waals surface area contributed by atoms with E-state index in [9.17, 15) is 9.90 Å². The van der Waals surface area contributed by atoms with Gasteiger partial charge in [0.2, 0.25) is 0 Å². The number of carbonyl (C=O) groups excluding carboxylic acids is 1. The number of hydrogen-bond donors (Lipinski definition) is 2. The number of nitrogens with one attached hydrogen (secondary N) is 2. The molecule has 25 heavy (non-hydrogen) atoms. The molecule has 0 saturated heterocycles. The minimum Gasteiger partial charge on any atom is -0.546 e. The molecule has 0 unspecified atom stereocenters. The summed E-state index contributed by atoms with van der Waals surface area (Å²) in [6, 6.07) is 14.7. The van der Waals surface area contributed by atoms with E-state index in [2.05, 4.69) is 15.8 Å². The maximum Gasteiger partial charge on any atom is 0.191 e. The van der Waals surface area contributed by atoms with Gasteiger partial charge < -0.3 is 20.0 Å². The monoisotopic (exact) mass is 356 g/mol. The summed E-state index contributed by atoms with van der Waals surface area (Å²) in [6.45, 7) is 3.37. The lowest BCUT2D eigenvalue weighted by atomic mass is 10.1. The molecule has 6 nitrogen and oxygen atoms in total. The van der Waals surface area contributed by atoms with E-state index in [-0.39, 0.29) is 0 Å².